The van der Waals surface area contributed by atoms with Gasteiger partial charge in [0, 0.05) is 10.0 Å². The van der Waals surface area contributed by atoms with Gasteiger partial charge in [-0.1, -0.05) is 28.1 Å². The van der Waals surface area contributed by atoms with E-state index >= 15 is 0 Å². The summed E-state index contributed by atoms with van der Waals surface area (Å²) in [7, 11) is 0. The van der Waals surface area contributed by atoms with Crippen LogP contribution in [0.25, 0.3) is 17.4 Å². The van der Waals surface area contributed by atoms with Gasteiger partial charge in [0.15, 0.2) is 0 Å². The molecule has 0 fully saturated rings. The summed E-state index contributed by atoms with van der Waals surface area (Å²) in [5.41, 5.74) is 3.79. The van der Waals surface area contributed by atoms with Crippen molar-refractivity contribution in [1.29, 1.82) is 0 Å². The van der Waals surface area contributed by atoms with Gasteiger partial charge in [-0.25, -0.2) is 0 Å². The summed E-state index contributed by atoms with van der Waals surface area (Å²) in [5.74, 6) is 0.922. The van der Waals surface area contributed by atoms with Crippen molar-refractivity contribution in [2.75, 3.05) is 0 Å². The molecule has 0 amide bonds. The zero-order chi connectivity index (χ0) is 10.3. The van der Waals surface area contributed by atoms with Crippen LogP contribution in [-0.4, -0.2) is 0 Å². The van der Waals surface area contributed by atoms with Gasteiger partial charge in [-0.3, -0.25) is 0 Å². The van der Waals surface area contributed by atoms with Crippen LogP contribution >= 0.6 is 15.9 Å². The average molecular weight is 261 g/mol. The van der Waals surface area contributed by atoms with Gasteiger partial charge in [0.05, 0.1) is 6.26 Å². The van der Waals surface area contributed by atoms with Gasteiger partial charge in [0.25, 0.3) is 0 Å². The van der Waals surface area contributed by atoms with Gasteiger partial charge >= 0.3 is 0 Å². The Morgan fingerprint density at radius 3 is 3.00 bits per heavy atom. The lowest BCUT2D eigenvalue weighted by Gasteiger charge is -2.05. The first-order chi connectivity index (χ1) is 7.34. The van der Waals surface area contributed by atoms with Gasteiger partial charge in [-0.05, 0) is 41.8 Å². The third kappa shape index (κ3) is 1.45. The van der Waals surface area contributed by atoms with Crippen LogP contribution in [0.4, 0.5) is 0 Å². The third-order valence-corrected chi connectivity index (χ3v) is 3.30. The second kappa shape index (κ2) is 3.38. The Labute approximate surface area is 96.5 Å². The van der Waals surface area contributed by atoms with E-state index in [1.165, 1.54) is 11.1 Å². The Balaban J connectivity index is 2.17. The van der Waals surface area contributed by atoms with Crippen LogP contribution in [0.2, 0.25) is 0 Å². The van der Waals surface area contributed by atoms with Crippen LogP contribution in [0.5, 0.6) is 0 Å². The maximum atomic E-state index is 5.39. The van der Waals surface area contributed by atoms with Gasteiger partial charge in [0.2, 0.25) is 0 Å². The quantitative estimate of drug-likeness (QED) is 0.746. The van der Waals surface area contributed by atoms with E-state index in [2.05, 4.69) is 40.2 Å². The summed E-state index contributed by atoms with van der Waals surface area (Å²) in [6, 6.07) is 8.19. The van der Waals surface area contributed by atoms with E-state index in [0.29, 0.717) is 0 Å². The maximum absolute atomic E-state index is 5.39. The monoisotopic (exact) mass is 260 g/mol. The minimum absolute atomic E-state index is 0.922. The minimum Gasteiger partial charge on any atom is -0.464 e. The first kappa shape index (κ1) is 8.98. The Morgan fingerprint density at radius 1 is 1.27 bits per heavy atom. The molecule has 0 atom stereocenters. The van der Waals surface area contributed by atoms with Crippen LogP contribution in [0.15, 0.2) is 45.5 Å². The van der Waals surface area contributed by atoms with Crippen molar-refractivity contribution in [2.45, 2.75) is 6.42 Å². The predicted molar refractivity (Wildman–Crippen MR) is 64.6 cm³/mol. The molecule has 1 aromatic carbocycles. The van der Waals surface area contributed by atoms with E-state index in [1.807, 2.05) is 12.1 Å². The van der Waals surface area contributed by atoms with E-state index < -0.39 is 0 Å². The molecule has 0 saturated heterocycles. The van der Waals surface area contributed by atoms with Crippen molar-refractivity contribution in [3.63, 3.8) is 0 Å². The zero-order valence-electron chi connectivity index (χ0n) is 8.03. The fraction of sp³-hybridized carbons (Fsp3) is 0.0769. The number of benzene rings is 1. The first-order valence-corrected chi connectivity index (χ1v) is 5.67. The normalized spacial score (nSPS) is 13.1. The summed E-state index contributed by atoms with van der Waals surface area (Å²) in [6.07, 6.45) is 7.06. The highest BCUT2D eigenvalue weighted by molar-refractivity contribution is 9.10. The van der Waals surface area contributed by atoms with E-state index in [4.69, 9.17) is 4.42 Å². The molecule has 1 aromatic heterocycles. The van der Waals surface area contributed by atoms with Crippen molar-refractivity contribution in [3.8, 4) is 11.3 Å². The second-order valence-corrected chi connectivity index (χ2v) is 4.47. The summed E-state index contributed by atoms with van der Waals surface area (Å²) >= 11 is 3.59. The molecule has 3 rings (SSSR count). The number of rotatable bonds is 1. The molecule has 1 aliphatic carbocycles. The van der Waals surface area contributed by atoms with Gasteiger partial charge < -0.3 is 4.42 Å². The number of furan rings is 1. The van der Waals surface area contributed by atoms with Gasteiger partial charge in [-0.15, -0.1) is 0 Å². The molecule has 1 heterocycles. The highest BCUT2D eigenvalue weighted by Gasteiger charge is 2.12. The standard InChI is InChI=1S/C13H9BrO/c14-12-8-10(13-5-2-6-15-13)7-9-3-1-4-11(9)12/h1-2,4-8H,3H2. The van der Waals surface area contributed by atoms with Crippen molar-refractivity contribution < 1.29 is 4.42 Å². The molecule has 0 saturated carbocycles. The molecule has 74 valence electrons. The molecule has 0 spiro atoms. The van der Waals surface area contributed by atoms with Crippen LogP contribution in [0, 0.1) is 0 Å². The Hall–Kier alpha value is -1.28. The summed E-state index contributed by atoms with van der Waals surface area (Å²) in [4.78, 5) is 0. The van der Waals surface area contributed by atoms with Crippen LogP contribution < -0.4 is 0 Å². The number of hydrogen-bond donors (Lipinski definition) is 0. The SMILES string of the molecule is Brc1cc(-c2ccco2)cc2c1C=CC2. The molecule has 1 aliphatic rings. The summed E-state index contributed by atoms with van der Waals surface area (Å²) < 4.78 is 6.53. The molecular formula is C13H9BrO. The van der Waals surface area contributed by atoms with E-state index in [-0.39, 0.29) is 0 Å². The fourth-order valence-electron chi connectivity index (χ4n) is 1.92. The Bertz CT molecular complexity index is 524. The lowest BCUT2D eigenvalue weighted by Crippen LogP contribution is -1.85. The highest BCUT2D eigenvalue weighted by Crippen LogP contribution is 2.33. The van der Waals surface area contributed by atoms with Crippen molar-refractivity contribution in [3.05, 3.63) is 52.2 Å². The number of hydrogen-bond acceptors (Lipinski definition) is 1. The zero-order valence-corrected chi connectivity index (χ0v) is 9.62. The summed E-state index contributed by atoms with van der Waals surface area (Å²) in [6.45, 7) is 0. The fourth-order valence-corrected chi connectivity index (χ4v) is 2.55. The molecule has 0 aliphatic heterocycles. The van der Waals surface area contributed by atoms with E-state index in [9.17, 15) is 0 Å². The smallest absolute Gasteiger partial charge is 0.133 e. The van der Waals surface area contributed by atoms with Gasteiger partial charge in [-0.2, -0.15) is 0 Å². The van der Waals surface area contributed by atoms with Crippen LogP contribution in [0.3, 0.4) is 0 Å². The van der Waals surface area contributed by atoms with Crippen molar-refractivity contribution in [1.82, 2.24) is 0 Å². The van der Waals surface area contributed by atoms with E-state index in [1.54, 1.807) is 6.26 Å². The summed E-state index contributed by atoms with van der Waals surface area (Å²) in [5, 5.41) is 0. The molecule has 2 aromatic rings. The Morgan fingerprint density at radius 2 is 2.20 bits per heavy atom. The molecular weight excluding hydrogens is 252 g/mol. The van der Waals surface area contributed by atoms with Crippen molar-refractivity contribution >= 4 is 22.0 Å². The number of allylic oxidation sites excluding steroid dienone is 1. The van der Waals surface area contributed by atoms with Crippen LogP contribution in [0.1, 0.15) is 11.1 Å². The average Bonchev–Trinajstić information content (AvgIpc) is 2.88. The topological polar surface area (TPSA) is 13.1 Å². The number of fused-ring (bicyclic) bond motifs is 1. The molecule has 0 unspecified atom stereocenters. The molecule has 15 heavy (non-hydrogen) atoms. The van der Waals surface area contributed by atoms with E-state index in [0.717, 1.165) is 22.2 Å². The molecule has 1 nitrogen and oxygen atoms in total. The maximum Gasteiger partial charge on any atom is 0.133 e. The molecule has 0 radical (unpaired) electrons. The molecule has 2 heteroatoms. The lowest BCUT2D eigenvalue weighted by atomic mass is 10.0. The largest absolute Gasteiger partial charge is 0.464 e. The third-order valence-electron chi connectivity index (χ3n) is 2.64. The minimum atomic E-state index is 0.922. The predicted octanol–water partition coefficient (Wildman–Crippen LogP) is 4.28. The molecule has 0 bridgehead atoms. The van der Waals surface area contributed by atoms with Crippen LogP contribution in [-0.2, 0) is 6.42 Å². The highest BCUT2D eigenvalue weighted by atomic mass is 79.9. The first-order valence-electron chi connectivity index (χ1n) is 4.87. The number of halogens is 1. The van der Waals surface area contributed by atoms with Gasteiger partial charge in [0.1, 0.15) is 5.76 Å². The lowest BCUT2D eigenvalue weighted by molar-refractivity contribution is 0.582. The molecule has 0 N–H and O–H groups in total. The Kier molecular flexibility index (Phi) is 2.03. The van der Waals surface area contributed by atoms with Crippen molar-refractivity contribution in [2.24, 2.45) is 0 Å². The second-order valence-electron chi connectivity index (χ2n) is 3.61.